The topological polar surface area (TPSA) is 40.5 Å². The summed E-state index contributed by atoms with van der Waals surface area (Å²) in [6.45, 7) is -2.95. The van der Waals surface area contributed by atoms with Crippen molar-refractivity contribution < 1.29 is 22.8 Å². The van der Waals surface area contributed by atoms with Crippen molar-refractivity contribution in [2.24, 2.45) is 5.92 Å². The van der Waals surface area contributed by atoms with Crippen molar-refractivity contribution in [1.82, 2.24) is 4.90 Å². The molecule has 0 aliphatic carbocycles. The minimum Gasteiger partial charge on any atom is -0.480 e. The van der Waals surface area contributed by atoms with Crippen molar-refractivity contribution >= 4 is 12.9 Å². The maximum absolute atomic E-state index is 12.1. The highest BCUT2D eigenvalue weighted by Gasteiger charge is 2.38. The van der Waals surface area contributed by atoms with Gasteiger partial charge in [0.15, 0.2) is 0 Å². The van der Waals surface area contributed by atoms with E-state index in [9.17, 15) is 17.7 Å². The predicted octanol–water partition coefficient (Wildman–Crippen LogP) is 1.17. The Morgan fingerprint density at radius 3 is 2.57 bits per heavy atom. The Hall–Kier alpha value is -0.715. The quantitative estimate of drug-likeness (QED) is 0.710. The monoisotopic (exact) mass is 210 g/mol. The zero-order valence-electron chi connectivity index (χ0n) is 7.79. The van der Waals surface area contributed by atoms with Gasteiger partial charge in [-0.05, 0) is 25.3 Å². The summed E-state index contributed by atoms with van der Waals surface area (Å²) < 4.78 is 36.3. The summed E-state index contributed by atoms with van der Waals surface area (Å²) in [6, 6.07) is -0.964. The Bertz CT molecular complexity index is 233. The molecule has 0 aromatic carbocycles. The molecule has 0 radical (unpaired) electrons. The molecule has 1 heterocycles. The van der Waals surface area contributed by atoms with Gasteiger partial charge in [0.1, 0.15) is 6.04 Å². The number of hydrogen-bond donors (Lipinski definition) is 1. The van der Waals surface area contributed by atoms with Gasteiger partial charge in [-0.3, -0.25) is 4.79 Å². The fourth-order valence-electron chi connectivity index (χ4n) is 1.86. The average Bonchev–Trinajstić information content (AvgIpc) is 2.27. The van der Waals surface area contributed by atoms with Crippen LogP contribution in [0.5, 0.6) is 0 Å². The molecule has 14 heavy (non-hydrogen) atoms. The summed E-state index contributed by atoms with van der Waals surface area (Å²) in [6.07, 6.45) is -0.761. The van der Waals surface area contributed by atoms with Crippen LogP contribution in [0.3, 0.4) is 0 Å². The lowest BCUT2D eigenvalue weighted by atomic mass is 9.91. The number of halogens is 3. The Morgan fingerprint density at radius 1 is 1.57 bits per heavy atom. The molecule has 0 aromatic rings. The Balaban J connectivity index is 2.62. The second kappa shape index (κ2) is 3.80. The summed E-state index contributed by atoms with van der Waals surface area (Å²) >= 11 is 0. The van der Waals surface area contributed by atoms with Gasteiger partial charge in [0, 0.05) is 0 Å². The predicted molar refractivity (Wildman–Crippen MR) is 45.9 cm³/mol. The number of rotatable bonds is 3. The Kier molecular flexibility index (Phi) is 3.09. The first-order chi connectivity index (χ1) is 6.29. The van der Waals surface area contributed by atoms with Crippen LogP contribution in [-0.4, -0.2) is 42.0 Å². The number of likely N-dealkylation sites (tertiary alicyclic amines) is 1. The summed E-state index contributed by atoms with van der Waals surface area (Å²) in [5, 5.41) is 8.70. The van der Waals surface area contributed by atoms with E-state index in [2.05, 4.69) is 0 Å². The molecule has 0 amide bonds. The number of carboxylic acid groups (broad SMARTS) is 1. The minimum absolute atomic E-state index is 0.0225. The number of carboxylic acids is 1. The van der Waals surface area contributed by atoms with Crippen LogP contribution in [0.4, 0.5) is 12.9 Å². The molecule has 1 fully saturated rings. The van der Waals surface area contributed by atoms with Crippen LogP contribution in [0.2, 0.25) is 0 Å². The fourth-order valence-corrected chi connectivity index (χ4v) is 1.86. The second-order valence-corrected chi connectivity index (χ2v) is 3.86. The third-order valence-corrected chi connectivity index (χ3v) is 2.34. The minimum atomic E-state index is -4.93. The van der Waals surface area contributed by atoms with E-state index in [4.69, 9.17) is 5.11 Å². The molecule has 2 atom stereocenters. The van der Waals surface area contributed by atoms with E-state index in [0.29, 0.717) is 6.42 Å². The van der Waals surface area contributed by atoms with Crippen LogP contribution in [0.15, 0.2) is 0 Å². The normalized spacial score (nSPS) is 29.4. The number of hydrogen-bond acceptors (Lipinski definition) is 2. The zero-order valence-corrected chi connectivity index (χ0v) is 7.79. The van der Waals surface area contributed by atoms with Crippen LogP contribution in [0.25, 0.3) is 0 Å². The smallest absolute Gasteiger partial charge is 0.480 e. The van der Waals surface area contributed by atoms with Crippen LogP contribution in [0.1, 0.15) is 13.3 Å². The van der Waals surface area contributed by atoms with Gasteiger partial charge in [0.05, 0.1) is 0 Å². The lowest BCUT2D eigenvalue weighted by molar-refractivity contribution is -0.141. The first kappa shape index (κ1) is 11.4. The van der Waals surface area contributed by atoms with Crippen LogP contribution in [-0.2, 0) is 4.79 Å². The maximum atomic E-state index is 12.1. The first-order valence-corrected chi connectivity index (χ1v) is 4.47. The molecular formula is C7H12BF3NO2-. The van der Waals surface area contributed by atoms with Crippen molar-refractivity contribution in [3.8, 4) is 0 Å². The van der Waals surface area contributed by atoms with Gasteiger partial charge in [-0.25, -0.2) is 0 Å². The SMILES string of the molecule is CC1CC(C(=O)O)N(C[B-](F)(F)F)C1. The zero-order chi connectivity index (χ0) is 10.9. The van der Waals surface area contributed by atoms with Crippen molar-refractivity contribution in [1.29, 1.82) is 0 Å². The first-order valence-electron chi connectivity index (χ1n) is 4.47. The van der Waals surface area contributed by atoms with Gasteiger partial charge in [-0.1, -0.05) is 6.92 Å². The van der Waals surface area contributed by atoms with Crippen LogP contribution >= 0.6 is 0 Å². The van der Waals surface area contributed by atoms with E-state index in [-0.39, 0.29) is 12.5 Å². The number of nitrogens with zero attached hydrogens (tertiary/aromatic N) is 1. The molecule has 1 aliphatic rings. The van der Waals surface area contributed by atoms with E-state index in [1.54, 1.807) is 6.92 Å². The lowest BCUT2D eigenvalue weighted by Gasteiger charge is -2.26. The molecule has 1 rings (SSSR count). The van der Waals surface area contributed by atoms with Crippen LogP contribution < -0.4 is 0 Å². The lowest BCUT2D eigenvalue weighted by Crippen LogP contribution is -2.44. The van der Waals surface area contributed by atoms with Gasteiger partial charge in [0.25, 0.3) is 0 Å². The molecule has 0 saturated carbocycles. The molecule has 82 valence electrons. The molecule has 3 nitrogen and oxygen atoms in total. The van der Waals surface area contributed by atoms with Gasteiger partial charge < -0.3 is 23.0 Å². The molecule has 0 bridgehead atoms. The molecule has 7 heteroatoms. The van der Waals surface area contributed by atoms with E-state index in [0.717, 1.165) is 4.90 Å². The van der Waals surface area contributed by atoms with Gasteiger partial charge >= 0.3 is 12.9 Å². The van der Waals surface area contributed by atoms with Gasteiger partial charge in [-0.2, -0.15) is 0 Å². The largest absolute Gasteiger partial charge is 0.492 e. The van der Waals surface area contributed by atoms with Crippen LogP contribution in [0, 0.1) is 5.92 Å². The molecule has 0 spiro atoms. The van der Waals surface area contributed by atoms with Gasteiger partial charge in [0.2, 0.25) is 0 Å². The average molecular weight is 210 g/mol. The second-order valence-electron chi connectivity index (χ2n) is 3.86. The van der Waals surface area contributed by atoms with E-state index >= 15 is 0 Å². The molecule has 2 unspecified atom stereocenters. The van der Waals surface area contributed by atoms with Crippen molar-refractivity contribution in [2.75, 3.05) is 13.0 Å². The third-order valence-electron chi connectivity index (χ3n) is 2.34. The molecule has 1 saturated heterocycles. The fraction of sp³-hybridized carbons (Fsp3) is 0.857. The molecule has 0 aromatic heterocycles. The van der Waals surface area contributed by atoms with Crippen molar-refractivity contribution in [3.63, 3.8) is 0 Å². The summed E-state index contributed by atoms with van der Waals surface area (Å²) in [5.74, 6) is -1.14. The Morgan fingerprint density at radius 2 is 2.14 bits per heavy atom. The molecular weight excluding hydrogens is 198 g/mol. The number of carbonyl (C=O) groups is 1. The highest BCUT2D eigenvalue weighted by Crippen LogP contribution is 2.25. The number of aliphatic carboxylic acids is 1. The summed E-state index contributed by atoms with van der Waals surface area (Å²) in [5.41, 5.74) is 0. The Labute approximate surface area is 79.9 Å². The van der Waals surface area contributed by atoms with Gasteiger partial charge in [-0.15, -0.1) is 0 Å². The standard InChI is InChI=1S/C7H12BF3NO2/c1-5-2-6(7(13)14)12(3-5)4-8(9,10)11/h5-6H,2-4H2,1H3,(H,13,14)/q-1. The highest BCUT2D eigenvalue weighted by atomic mass is 19.4. The van der Waals surface area contributed by atoms with E-state index in [1.165, 1.54) is 0 Å². The van der Waals surface area contributed by atoms with Crippen molar-refractivity contribution in [3.05, 3.63) is 0 Å². The maximum Gasteiger partial charge on any atom is 0.492 e. The van der Waals surface area contributed by atoms with E-state index in [1.807, 2.05) is 0 Å². The third kappa shape index (κ3) is 2.90. The summed E-state index contributed by atoms with van der Waals surface area (Å²) in [4.78, 5) is 11.6. The summed E-state index contributed by atoms with van der Waals surface area (Å²) in [7, 11) is 0. The molecule has 1 N–H and O–H groups in total. The highest BCUT2D eigenvalue weighted by molar-refractivity contribution is 6.58. The molecule has 1 aliphatic heterocycles. The van der Waals surface area contributed by atoms with Crippen molar-refractivity contribution in [2.45, 2.75) is 19.4 Å². The van der Waals surface area contributed by atoms with E-state index < -0.39 is 25.4 Å².